The minimum atomic E-state index is -0.557. The minimum Gasteiger partial charge on any atom is -0.497 e. The first-order valence-corrected chi connectivity index (χ1v) is 8.61. The maximum Gasteiger partial charge on any atom is 0.319 e. The lowest BCUT2D eigenvalue weighted by atomic mass is 10.0. The lowest BCUT2D eigenvalue weighted by molar-refractivity contribution is -0.122. The molecule has 2 aromatic rings. The zero-order valence-corrected chi connectivity index (χ0v) is 15.3. The fraction of sp³-hybridized carbons (Fsp3) is 0.300. The number of methoxy groups -OCH3 is 1. The van der Waals surface area contributed by atoms with E-state index in [2.05, 4.69) is 16.0 Å². The number of nitrogens with one attached hydrogen (secondary N) is 3. The second kappa shape index (κ2) is 9.46. The molecule has 3 N–H and O–H groups in total. The Kier molecular flexibility index (Phi) is 7.02. The number of para-hydroxylation sites is 1. The lowest BCUT2D eigenvalue weighted by Crippen LogP contribution is -2.47. The van der Waals surface area contributed by atoms with Gasteiger partial charge in [0.2, 0.25) is 5.91 Å². The number of carbonyl (C=O) groups is 2. The molecular weight excluding hydrogens is 330 g/mol. The quantitative estimate of drug-likeness (QED) is 0.712. The zero-order valence-electron chi connectivity index (χ0n) is 15.3. The Balaban J connectivity index is 2.16. The normalized spacial score (nSPS) is 11.3. The van der Waals surface area contributed by atoms with Crippen LogP contribution in [0.1, 0.15) is 19.8 Å². The molecule has 0 spiro atoms. The standard InChI is InChI=1S/C20H25N3O3/c1-4-7-18(19(24)21-2)23-20(25)22-17-9-6-5-8-16(17)14-10-12-15(26-3)13-11-14/h5-6,8-13,18H,4,7H2,1-3H3,(H,21,24)(H2,22,23,25)/t18-/m0/s1. The van der Waals surface area contributed by atoms with E-state index in [4.69, 9.17) is 4.74 Å². The first kappa shape index (κ1) is 19.3. The summed E-state index contributed by atoms with van der Waals surface area (Å²) in [6, 6.07) is 14.2. The van der Waals surface area contributed by atoms with Crippen LogP contribution in [0.3, 0.4) is 0 Å². The minimum absolute atomic E-state index is 0.203. The molecule has 1 atom stereocenters. The van der Waals surface area contributed by atoms with Gasteiger partial charge in [-0.2, -0.15) is 0 Å². The van der Waals surface area contributed by atoms with Crippen molar-refractivity contribution >= 4 is 17.6 Å². The van der Waals surface area contributed by atoms with E-state index in [0.717, 1.165) is 23.3 Å². The number of amides is 3. The van der Waals surface area contributed by atoms with Gasteiger partial charge in [0, 0.05) is 12.6 Å². The maximum absolute atomic E-state index is 12.4. The van der Waals surface area contributed by atoms with E-state index in [9.17, 15) is 9.59 Å². The summed E-state index contributed by atoms with van der Waals surface area (Å²) in [5.74, 6) is 0.565. The monoisotopic (exact) mass is 355 g/mol. The Labute approximate surface area is 153 Å². The van der Waals surface area contributed by atoms with Gasteiger partial charge in [-0.05, 0) is 30.2 Å². The van der Waals surface area contributed by atoms with Gasteiger partial charge < -0.3 is 20.7 Å². The average Bonchev–Trinajstić information content (AvgIpc) is 2.67. The Morgan fingerprint density at radius 1 is 1.08 bits per heavy atom. The molecule has 26 heavy (non-hydrogen) atoms. The zero-order chi connectivity index (χ0) is 18.9. The number of carbonyl (C=O) groups excluding carboxylic acids is 2. The number of ether oxygens (including phenoxy) is 1. The second-order valence-corrected chi connectivity index (χ2v) is 5.83. The summed E-state index contributed by atoms with van der Waals surface area (Å²) in [5.41, 5.74) is 2.51. The van der Waals surface area contributed by atoms with Crippen LogP contribution >= 0.6 is 0 Å². The average molecular weight is 355 g/mol. The predicted molar refractivity (Wildman–Crippen MR) is 103 cm³/mol. The van der Waals surface area contributed by atoms with Crippen molar-refractivity contribution in [1.29, 1.82) is 0 Å². The van der Waals surface area contributed by atoms with Gasteiger partial charge in [0.1, 0.15) is 11.8 Å². The molecule has 2 rings (SSSR count). The van der Waals surface area contributed by atoms with Crippen LogP contribution in [0.4, 0.5) is 10.5 Å². The van der Waals surface area contributed by atoms with Crippen molar-refractivity contribution in [1.82, 2.24) is 10.6 Å². The molecule has 0 bridgehead atoms. The summed E-state index contributed by atoms with van der Waals surface area (Å²) in [6.45, 7) is 1.97. The summed E-state index contributed by atoms with van der Waals surface area (Å²) in [6.07, 6.45) is 1.37. The topological polar surface area (TPSA) is 79.5 Å². The van der Waals surface area contributed by atoms with Crippen LogP contribution in [0.2, 0.25) is 0 Å². The van der Waals surface area contributed by atoms with Crippen LogP contribution in [0, 0.1) is 0 Å². The lowest BCUT2D eigenvalue weighted by Gasteiger charge is -2.18. The highest BCUT2D eigenvalue weighted by molar-refractivity contribution is 5.97. The van der Waals surface area contributed by atoms with Gasteiger partial charge in [0.25, 0.3) is 0 Å². The molecule has 6 nitrogen and oxygen atoms in total. The van der Waals surface area contributed by atoms with Gasteiger partial charge in [-0.15, -0.1) is 0 Å². The summed E-state index contributed by atoms with van der Waals surface area (Å²) in [7, 11) is 3.18. The van der Waals surface area contributed by atoms with E-state index in [1.165, 1.54) is 0 Å². The van der Waals surface area contributed by atoms with E-state index in [0.29, 0.717) is 12.1 Å². The number of benzene rings is 2. The highest BCUT2D eigenvalue weighted by Gasteiger charge is 2.19. The number of anilines is 1. The van der Waals surface area contributed by atoms with E-state index < -0.39 is 12.1 Å². The van der Waals surface area contributed by atoms with Crippen molar-refractivity contribution in [2.45, 2.75) is 25.8 Å². The SMILES string of the molecule is CCC[C@H](NC(=O)Nc1ccccc1-c1ccc(OC)cc1)C(=O)NC. The van der Waals surface area contributed by atoms with E-state index in [1.807, 2.05) is 55.5 Å². The van der Waals surface area contributed by atoms with E-state index >= 15 is 0 Å². The molecule has 3 amide bonds. The maximum atomic E-state index is 12.4. The predicted octanol–water partition coefficient (Wildman–Crippen LogP) is 3.40. The first-order chi connectivity index (χ1) is 12.6. The molecule has 0 unspecified atom stereocenters. The highest BCUT2D eigenvalue weighted by Crippen LogP contribution is 2.29. The van der Waals surface area contributed by atoms with Crippen LogP contribution in [-0.2, 0) is 4.79 Å². The molecular formula is C20H25N3O3. The van der Waals surface area contributed by atoms with Gasteiger partial charge in [-0.3, -0.25) is 4.79 Å². The van der Waals surface area contributed by atoms with Gasteiger partial charge >= 0.3 is 6.03 Å². The van der Waals surface area contributed by atoms with Gasteiger partial charge in [0.05, 0.1) is 12.8 Å². The Hall–Kier alpha value is -3.02. The van der Waals surface area contributed by atoms with E-state index in [1.54, 1.807) is 14.2 Å². The molecule has 0 aliphatic rings. The van der Waals surface area contributed by atoms with Crippen LogP contribution in [0.15, 0.2) is 48.5 Å². The summed E-state index contributed by atoms with van der Waals surface area (Å²) < 4.78 is 5.18. The molecule has 0 aromatic heterocycles. The summed E-state index contributed by atoms with van der Waals surface area (Å²) in [4.78, 5) is 24.3. The fourth-order valence-corrected chi connectivity index (χ4v) is 2.66. The Morgan fingerprint density at radius 2 is 1.77 bits per heavy atom. The Bertz CT molecular complexity index is 744. The molecule has 0 heterocycles. The van der Waals surface area contributed by atoms with E-state index in [-0.39, 0.29) is 5.91 Å². The third kappa shape index (κ3) is 4.99. The number of hydrogen-bond donors (Lipinski definition) is 3. The number of hydrogen-bond acceptors (Lipinski definition) is 3. The third-order valence-corrected chi connectivity index (χ3v) is 4.02. The van der Waals surface area contributed by atoms with Gasteiger partial charge in [0.15, 0.2) is 0 Å². The molecule has 0 aliphatic carbocycles. The summed E-state index contributed by atoms with van der Waals surface area (Å²) in [5, 5.41) is 8.15. The molecule has 0 aliphatic heterocycles. The van der Waals surface area contributed by atoms with Gasteiger partial charge in [-0.1, -0.05) is 43.7 Å². The third-order valence-electron chi connectivity index (χ3n) is 4.02. The van der Waals surface area contributed by atoms with Crippen LogP contribution in [-0.4, -0.2) is 32.1 Å². The molecule has 0 fully saturated rings. The first-order valence-electron chi connectivity index (χ1n) is 8.61. The second-order valence-electron chi connectivity index (χ2n) is 5.83. The van der Waals surface area contributed by atoms with Gasteiger partial charge in [-0.25, -0.2) is 4.79 Å². The molecule has 0 radical (unpaired) electrons. The van der Waals surface area contributed by atoms with Crippen molar-refractivity contribution in [3.8, 4) is 16.9 Å². The molecule has 6 heteroatoms. The molecule has 0 saturated carbocycles. The van der Waals surface area contributed by atoms with Crippen LogP contribution < -0.4 is 20.7 Å². The summed E-state index contributed by atoms with van der Waals surface area (Å²) >= 11 is 0. The molecule has 2 aromatic carbocycles. The fourth-order valence-electron chi connectivity index (χ4n) is 2.66. The van der Waals surface area contributed by atoms with Crippen molar-refractivity contribution in [3.63, 3.8) is 0 Å². The molecule has 0 saturated heterocycles. The van der Waals surface area contributed by atoms with Crippen molar-refractivity contribution < 1.29 is 14.3 Å². The van der Waals surface area contributed by atoms with Crippen molar-refractivity contribution in [2.24, 2.45) is 0 Å². The van der Waals surface area contributed by atoms with Crippen LogP contribution in [0.25, 0.3) is 11.1 Å². The van der Waals surface area contributed by atoms with Crippen molar-refractivity contribution in [2.75, 3.05) is 19.5 Å². The van der Waals surface area contributed by atoms with Crippen molar-refractivity contribution in [3.05, 3.63) is 48.5 Å². The largest absolute Gasteiger partial charge is 0.497 e. The number of likely N-dealkylation sites (N-methyl/N-ethyl adjacent to an activating group) is 1. The smallest absolute Gasteiger partial charge is 0.319 e. The number of urea groups is 1. The van der Waals surface area contributed by atoms with Crippen LogP contribution in [0.5, 0.6) is 5.75 Å². The Morgan fingerprint density at radius 3 is 2.38 bits per heavy atom. The number of rotatable bonds is 7. The highest BCUT2D eigenvalue weighted by atomic mass is 16.5. The molecule has 138 valence electrons.